The Morgan fingerprint density at radius 3 is 2.32 bits per heavy atom. The molecule has 7 nitrogen and oxygen atoms in total. The summed E-state index contributed by atoms with van der Waals surface area (Å²) in [6, 6.07) is 16.8. The molecule has 1 heterocycles. The second kappa shape index (κ2) is 11.9. The van der Waals surface area contributed by atoms with Crippen LogP contribution in [-0.2, 0) is 10.0 Å². The number of thiazole rings is 1. The number of hydrogen-bond donors (Lipinski definition) is 0. The number of sulfonamides is 1. The molecule has 0 N–H and O–H groups in total. The van der Waals surface area contributed by atoms with Gasteiger partial charge in [0.1, 0.15) is 5.82 Å². The minimum absolute atomic E-state index is 0.0314. The summed E-state index contributed by atoms with van der Waals surface area (Å²) < 4.78 is 42.3. The molecule has 4 aromatic rings. The molecule has 3 aromatic carbocycles. The van der Waals surface area contributed by atoms with Crippen LogP contribution in [0.3, 0.4) is 0 Å². The SMILES string of the molecule is C=CCN(CC=C)S(=O)(=O)c1ccc(C(=O)N(/N=C/c2ccc(F)cc2)c2nc3ccc(Br)cc3s2)cc1. The lowest BCUT2D eigenvalue weighted by Crippen LogP contribution is -2.31. The van der Waals surface area contributed by atoms with Gasteiger partial charge in [-0.05, 0) is 60.2 Å². The average molecular weight is 614 g/mol. The zero-order valence-electron chi connectivity index (χ0n) is 20.0. The van der Waals surface area contributed by atoms with E-state index in [0.29, 0.717) is 16.2 Å². The van der Waals surface area contributed by atoms with Crippen LogP contribution in [0, 0.1) is 5.82 Å². The first-order valence-electron chi connectivity index (χ1n) is 11.2. The molecule has 0 spiro atoms. The minimum Gasteiger partial charge on any atom is -0.267 e. The lowest BCUT2D eigenvalue weighted by atomic mass is 10.2. The molecule has 1 aromatic heterocycles. The summed E-state index contributed by atoms with van der Waals surface area (Å²) in [6.45, 7) is 7.46. The third kappa shape index (κ3) is 6.13. The number of anilines is 1. The van der Waals surface area contributed by atoms with Crippen molar-refractivity contribution in [1.29, 1.82) is 0 Å². The molecule has 0 unspecified atom stereocenters. The van der Waals surface area contributed by atoms with Gasteiger partial charge in [-0.1, -0.05) is 51.6 Å². The van der Waals surface area contributed by atoms with Crippen molar-refractivity contribution < 1.29 is 17.6 Å². The maximum absolute atomic E-state index is 13.6. The predicted octanol–water partition coefficient (Wildman–Crippen LogP) is 6.24. The Balaban J connectivity index is 1.70. The standard InChI is InChI=1S/C27H22BrFN4O3S2/c1-3-15-32(16-4-2)38(35,36)23-12-7-20(8-13-23)26(34)33(30-18-19-5-10-22(29)11-6-19)27-31-24-14-9-21(28)17-25(24)37-27/h3-14,17-18H,1-2,15-16H2/b30-18+. The quantitative estimate of drug-likeness (QED) is 0.120. The third-order valence-corrected chi connectivity index (χ3v) is 8.64. The number of carbonyl (C=O) groups excluding carboxylic acids is 1. The zero-order valence-corrected chi connectivity index (χ0v) is 23.2. The van der Waals surface area contributed by atoms with Crippen LogP contribution in [0.4, 0.5) is 9.52 Å². The molecule has 0 fully saturated rings. The molecule has 0 saturated carbocycles. The smallest absolute Gasteiger partial charge is 0.267 e. The number of hydrazone groups is 1. The molecule has 11 heteroatoms. The van der Waals surface area contributed by atoms with Gasteiger partial charge in [-0.15, -0.1) is 13.2 Å². The molecule has 194 valence electrons. The van der Waals surface area contributed by atoms with Crippen molar-refractivity contribution in [2.45, 2.75) is 4.90 Å². The fourth-order valence-electron chi connectivity index (χ4n) is 3.44. The topological polar surface area (TPSA) is 82.9 Å². The monoisotopic (exact) mass is 612 g/mol. The number of amides is 1. The van der Waals surface area contributed by atoms with E-state index in [1.165, 1.54) is 82.5 Å². The van der Waals surface area contributed by atoms with Crippen LogP contribution >= 0.6 is 27.3 Å². The van der Waals surface area contributed by atoms with Gasteiger partial charge in [-0.25, -0.2) is 17.8 Å². The van der Waals surface area contributed by atoms with Gasteiger partial charge in [-0.2, -0.15) is 14.4 Å². The van der Waals surface area contributed by atoms with Crippen molar-refractivity contribution in [2.75, 3.05) is 18.1 Å². The molecule has 1 amide bonds. The van der Waals surface area contributed by atoms with E-state index in [0.717, 1.165) is 14.2 Å². The van der Waals surface area contributed by atoms with Crippen LogP contribution in [0.1, 0.15) is 15.9 Å². The largest absolute Gasteiger partial charge is 0.280 e. The van der Waals surface area contributed by atoms with Gasteiger partial charge in [0.15, 0.2) is 0 Å². The third-order valence-electron chi connectivity index (χ3n) is 5.31. The van der Waals surface area contributed by atoms with Gasteiger partial charge in [0.2, 0.25) is 15.2 Å². The van der Waals surface area contributed by atoms with Crippen LogP contribution in [-0.4, -0.2) is 42.9 Å². The van der Waals surface area contributed by atoms with E-state index in [9.17, 15) is 17.6 Å². The Morgan fingerprint density at radius 2 is 1.68 bits per heavy atom. The molecular weight excluding hydrogens is 591 g/mol. The van der Waals surface area contributed by atoms with Gasteiger partial charge < -0.3 is 0 Å². The Labute approximate surface area is 232 Å². The van der Waals surface area contributed by atoms with E-state index >= 15 is 0 Å². The van der Waals surface area contributed by atoms with E-state index in [1.807, 2.05) is 18.2 Å². The first-order valence-corrected chi connectivity index (χ1v) is 14.3. The van der Waals surface area contributed by atoms with Crippen molar-refractivity contribution in [3.63, 3.8) is 0 Å². The Hall–Kier alpha value is -3.51. The van der Waals surface area contributed by atoms with E-state index < -0.39 is 15.9 Å². The van der Waals surface area contributed by atoms with E-state index in [2.05, 4.69) is 39.2 Å². The predicted molar refractivity (Wildman–Crippen MR) is 154 cm³/mol. The molecule has 0 aliphatic heterocycles. The molecule has 0 radical (unpaired) electrons. The number of benzene rings is 3. The fourth-order valence-corrected chi connectivity index (χ4v) is 6.29. The van der Waals surface area contributed by atoms with Crippen molar-refractivity contribution in [1.82, 2.24) is 9.29 Å². The van der Waals surface area contributed by atoms with Crippen molar-refractivity contribution >= 4 is 64.8 Å². The highest BCUT2D eigenvalue weighted by atomic mass is 79.9. The van der Waals surface area contributed by atoms with Gasteiger partial charge in [0.05, 0.1) is 21.3 Å². The Bertz CT molecular complexity index is 1610. The molecular formula is C27H22BrFN4O3S2. The van der Waals surface area contributed by atoms with Crippen LogP contribution in [0.15, 0.2) is 107 Å². The average Bonchev–Trinajstić information content (AvgIpc) is 3.32. The summed E-state index contributed by atoms with van der Waals surface area (Å²) in [6.07, 6.45) is 4.42. The van der Waals surface area contributed by atoms with E-state index in [-0.39, 0.29) is 29.4 Å². The highest BCUT2D eigenvalue weighted by Crippen LogP contribution is 2.32. The molecule has 0 bridgehead atoms. The summed E-state index contributed by atoms with van der Waals surface area (Å²) >= 11 is 4.71. The molecule has 38 heavy (non-hydrogen) atoms. The summed E-state index contributed by atoms with van der Waals surface area (Å²) in [7, 11) is -3.82. The molecule has 0 aliphatic rings. The highest BCUT2D eigenvalue weighted by Gasteiger charge is 2.25. The maximum Gasteiger partial charge on any atom is 0.280 e. The second-order valence-electron chi connectivity index (χ2n) is 7.95. The first kappa shape index (κ1) is 27.5. The number of rotatable bonds is 10. The number of carbonyl (C=O) groups is 1. The lowest BCUT2D eigenvalue weighted by Gasteiger charge is -2.19. The Kier molecular flexibility index (Phi) is 8.62. The van der Waals surface area contributed by atoms with Gasteiger partial charge in [0, 0.05) is 23.1 Å². The van der Waals surface area contributed by atoms with Gasteiger partial charge in [0.25, 0.3) is 5.91 Å². The Morgan fingerprint density at radius 1 is 1.03 bits per heavy atom. The van der Waals surface area contributed by atoms with Crippen LogP contribution < -0.4 is 5.01 Å². The fraction of sp³-hybridized carbons (Fsp3) is 0.0741. The summed E-state index contributed by atoms with van der Waals surface area (Å²) in [5.41, 5.74) is 1.48. The maximum atomic E-state index is 13.6. The summed E-state index contributed by atoms with van der Waals surface area (Å²) in [5, 5.41) is 5.83. The number of halogens is 2. The van der Waals surface area contributed by atoms with Gasteiger partial charge in [-0.3, -0.25) is 4.79 Å². The molecule has 0 saturated heterocycles. The van der Waals surface area contributed by atoms with Crippen LogP contribution in [0.5, 0.6) is 0 Å². The molecule has 0 aliphatic carbocycles. The van der Waals surface area contributed by atoms with E-state index in [1.54, 1.807) is 0 Å². The number of hydrogen-bond acceptors (Lipinski definition) is 6. The summed E-state index contributed by atoms with van der Waals surface area (Å²) in [4.78, 5) is 18.2. The number of nitrogens with zero attached hydrogens (tertiary/aromatic N) is 4. The number of aromatic nitrogens is 1. The van der Waals surface area contributed by atoms with Crippen molar-refractivity contribution in [3.8, 4) is 0 Å². The van der Waals surface area contributed by atoms with Crippen molar-refractivity contribution in [2.24, 2.45) is 5.10 Å². The highest BCUT2D eigenvalue weighted by molar-refractivity contribution is 9.10. The normalized spacial score (nSPS) is 11.8. The molecule has 0 atom stereocenters. The summed E-state index contributed by atoms with van der Waals surface area (Å²) in [5.74, 6) is -0.902. The lowest BCUT2D eigenvalue weighted by molar-refractivity contribution is 0.0987. The van der Waals surface area contributed by atoms with Gasteiger partial charge >= 0.3 is 0 Å². The first-order chi connectivity index (χ1) is 18.2. The van der Waals surface area contributed by atoms with Crippen molar-refractivity contribution in [3.05, 3.63) is 113 Å². The molecule has 4 rings (SSSR count). The number of fused-ring (bicyclic) bond motifs is 1. The second-order valence-corrected chi connectivity index (χ2v) is 11.8. The minimum atomic E-state index is -3.82. The van der Waals surface area contributed by atoms with Crippen LogP contribution in [0.2, 0.25) is 0 Å². The van der Waals surface area contributed by atoms with Crippen LogP contribution in [0.25, 0.3) is 10.2 Å². The zero-order chi connectivity index (χ0) is 27.3. The van der Waals surface area contributed by atoms with E-state index in [4.69, 9.17) is 0 Å².